The third-order valence-electron chi connectivity index (χ3n) is 7.66. The molecule has 0 radical (unpaired) electrons. The van der Waals surface area contributed by atoms with Crippen molar-refractivity contribution in [3.05, 3.63) is 62.4 Å². The Hall–Kier alpha value is -2.93. The van der Waals surface area contributed by atoms with E-state index in [2.05, 4.69) is 16.4 Å². The van der Waals surface area contributed by atoms with Crippen LogP contribution in [0.3, 0.4) is 0 Å². The molecule has 0 saturated heterocycles. The van der Waals surface area contributed by atoms with Crippen molar-refractivity contribution in [2.24, 2.45) is 0 Å². The zero-order valence-electron chi connectivity index (χ0n) is 18.4. The molecule has 2 aliphatic carbocycles. The Labute approximate surface area is 195 Å². The number of aromatic carboxylic acids is 1. The maximum atomic E-state index is 13.6. The number of hydrogen-bond acceptors (Lipinski definition) is 5. The topological polar surface area (TPSA) is 97.1 Å². The van der Waals surface area contributed by atoms with Crippen molar-refractivity contribution in [1.82, 2.24) is 14.5 Å². The van der Waals surface area contributed by atoms with Crippen LogP contribution in [0.1, 0.15) is 84.8 Å². The molecule has 2 aromatic heterocycles. The second-order valence-electron chi connectivity index (χ2n) is 9.76. The number of carboxylic acid groups (broad SMARTS) is 1. The van der Waals surface area contributed by atoms with Gasteiger partial charge < -0.3 is 10.4 Å². The van der Waals surface area contributed by atoms with Crippen LogP contribution < -0.4 is 10.9 Å². The van der Waals surface area contributed by atoms with E-state index in [1.165, 1.54) is 6.42 Å². The summed E-state index contributed by atoms with van der Waals surface area (Å²) in [5.74, 6) is 0.255. The number of halogens is 1. The van der Waals surface area contributed by atoms with E-state index in [-0.39, 0.29) is 27.9 Å². The summed E-state index contributed by atoms with van der Waals surface area (Å²) >= 11 is 5.92. The predicted molar refractivity (Wildman–Crippen MR) is 126 cm³/mol. The predicted octanol–water partition coefficient (Wildman–Crippen LogP) is 5.02. The first-order chi connectivity index (χ1) is 15.9. The average molecular weight is 465 g/mol. The Balaban J connectivity index is 1.50. The maximum Gasteiger partial charge on any atom is 0.356 e. The quantitative estimate of drug-likeness (QED) is 0.514. The van der Waals surface area contributed by atoms with Crippen molar-refractivity contribution in [2.75, 3.05) is 5.32 Å². The third-order valence-corrected chi connectivity index (χ3v) is 7.87. The molecule has 2 N–H and O–H groups in total. The van der Waals surface area contributed by atoms with Gasteiger partial charge in [-0.25, -0.2) is 14.8 Å². The molecule has 8 heteroatoms. The number of pyridine rings is 1. The molecular weight excluding hydrogens is 440 g/mol. The second-order valence-corrected chi connectivity index (χ2v) is 10.1. The zero-order valence-corrected chi connectivity index (χ0v) is 19.2. The molecule has 2 fully saturated rings. The molecule has 3 aliphatic rings. The molecule has 1 spiro atoms. The Morgan fingerprint density at radius 1 is 1.24 bits per heavy atom. The number of fused-ring (bicyclic) bond motifs is 3. The van der Waals surface area contributed by atoms with Gasteiger partial charge in [0.25, 0.3) is 5.56 Å². The van der Waals surface area contributed by atoms with Gasteiger partial charge in [-0.1, -0.05) is 24.1 Å². The molecule has 0 unspecified atom stereocenters. The molecule has 0 bridgehead atoms. The first kappa shape index (κ1) is 20.7. The number of anilines is 1. The highest BCUT2D eigenvalue weighted by Crippen LogP contribution is 2.49. The van der Waals surface area contributed by atoms with Gasteiger partial charge in [-0.05, 0) is 68.7 Å². The summed E-state index contributed by atoms with van der Waals surface area (Å²) in [6.45, 7) is 2.71. The van der Waals surface area contributed by atoms with Crippen LogP contribution in [0, 0.1) is 0 Å². The monoisotopic (exact) mass is 464 g/mol. The molecule has 2 saturated carbocycles. The number of hydrogen-bond donors (Lipinski definition) is 2. The minimum absolute atomic E-state index is 0.0486. The van der Waals surface area contributed by atoms with Crippen molar-refractivity contribution < 1.29 is 9.90 Å². The number of nitrogens with one attached hydrogen (secondary N) is 1. The number of benzene rings is 1. The van der Waals surface area contributed by atoms with E-state index in [0.717, 1.165) is 61.1 Å². The molecule has 7 nitrogen and oxygen atoms in total. The average Bonchev–Trinajstić information content (AvgIpc) is 3.53. The molecule has 1 aromatic carbocycles. The van der Waals surface area contributed by atoms with E-state index >= 15 is 0 Å². The smallest absolute Gasteiger partial charge is 0.356 e. The molecule has 170 valence electrons. The summed E-state index contributed by atoms with van der Waals surface area (Å²) in [4.78, 5) is 34.4. The van der Waals surface area contributed by atoms with E-state index in [9.17, 15) is 14.7 Å². The van der Waals surface area contributed by atoms with E-state index in [0.29, 0.717) is 17.0 Å². The lowest BCUT2D eigenvalue weighted by Gasteiger charge is -2.37. The Bertz CT molecular complexity index is 1370. The van der Waals surface area contributed by atoms with Crippen LogP contribution in [-0.2, 0) is 12.0 Å². The fourth-order valence-corrected chi connectivity index (χ4v) is 5.66. The largest absolute Gasteiger partial charge is 0.476 e. The first-order valence-electron chi connectivity index (χ1n) is 11.6. The second kappa shape index (κ2) is 7.29. The van der Waals surface area contributed by atoms with Gasteiger partial charge in [-0.2, -0.15) is 0 Å². The van der Waals surface area contributed by atoms with Gasteiger partial charge in [0, 0.05) is 17.5 Å². The lowest BCUT2D eigenvalue weighted by Crippen LogP contribution is -2.34. The molecule has 0 amide bonds. The van der Waals surface area contributed by atoms with Gasteiger partial charge in [0.1, 0.15) is 11.0 Å². The van der Waals surface area contributed by atoms with Gasteiger partial charge >= 0.3 is 5.97 Å². The van der Waals surface area contributed by atoms with Crippen molar-refractivity contribution in [2.45, 2.75) is 69.4 Å². The number of carboxylic acids is 1. The van der Waals surface area contributed by atoms with Gasteiger partial charge in [-0.15, -0.1) is 0 Å². The summed E-state index contributed by atoms with van der Waals surface area (Å²) in [6.07, 6.45) is 6.60. The van der Waals surface area contributed by atoms with Crippen molar-refractivity contribution in [1.29, 1.82) is 0 Å². The number of rotatable bonds is 5. The summed E-state index contributed by atoms with van der Waals surface area (Å²) < 4.78 is 1.89. The SMILES string of the molecule is C[C@@H](Nc1ccc(Cl)nc1C(=O)O)c1cc(C2CC2)cc2c(=O)n3c(nc12)C1(CCC1)CC3. The molecule has 6 rings (SSSR count). The van der Waals surface area contributed by atoms with E-state index in [4.69, 9.17) is 16.6 Å². The van der Waals surface area contributed by atoms with Crippen molar-refractivity contribution in [3.63, 3.8) is 0 Å². The first-order valence-corrected chi connectivity index (χ1v) is 12.0. The molecule has 1 aliphatic heterocycles. The standard InChI is InChI=1S/C25H25ClN4O3/c1-13(27-18-5-6-19(26)28-21(18)23(32)33)16-11-15(14-3-4-14)12-17-20(16)29-24-25(7-2-8-25)9-10-30(24)22(17)31/h5-6,11-14,27H,2-4,7-10H2,1H3,(H,32,33)/t13-/m1/s1. The highest BCUT2D eigenvalue weighted by atomic mass is 35.5. The number of aromatic nitrogens is 3. The van der Waals surface area contributed by atoms with Crippen LogP contribution in [0.4, 0.5) is 5.69 Å². The third kappa shape index (κ3) is 3.24. The fourth-order valence-electron chi connectivity index (χ4n) is 5.51. The van der Waals surface area contributed by atoms with Crippen LogP contribution in [0.2, 0.25) is 5.15 Å². The van der Waals surface area contributed by atoms with Crippen LogP contribution in [0.5, 0.6) is 0 Å². The van der Waals surface area contributed by atoms with E-state index in [1.807, 2.05) is 17.6 Å². The Morgan fingerprint density at radius 2 is 2.03 bits per heavy atom. The Morgan fingerprint density at radius 3 is 2.70 bits per heavy atom. The van der Waals surface area contributed by atoms with Gasteiger partial charge in [0.2, 0.25) is 0 Å². The fraction of sp³-hybridized carbons (Fsp3) is 0.440. The minimum Gasteiger partial charge on any atom is -0.476 e. The van der Waals surface area contributed by atoms with Gasteiger partial charge in [-0.3, -0.25) is 9.36 Å². The van der Waals surface area contributed by atoms with Gasteiger partial charge in [0.15, 0.2) is 5.69 Å². The summed E-state index contributed by atoms with van der Waals surface area (Å²) in [6, 6.07) is 7.10. The lowest BCUT2D eigenvalue weighted by molar-refractivity contribution is 0.0691. The molecular formula is C25H25ClN4O3. The van der Waals surface area contributed by atoms with E-state index < -0.39 is 5.97 Å². The summed E-state index contributed by atoms with van der Waals surface area (Å²) in [7, 11) is 0. The highest BCUT2D eigenvalue weighted by molar-refractivity contribution is 6.29. The molecule has 3 heterocycles. The van der Waals surface area contributed by atoms with Crippen LogP contribution in [-0.4, -0.2) is 25.6 Å². The minimum atomic E-state index is -1.15. The van der Waals surface area contributed by atoms with E-state index in [1.54, 1.807) is 12.1 Å². The normalized spacial score (nSPS) is 19.3. The Kier molecular flexibility index (Phi) is 4.56. The summed E-state index contributed by atoms with van der Waals surface area (Å²) in [5.41, 5.74) is 3.17. The lowest BCUT2D eigenvalue weighted by atomic mass is 9.67. The summed E-state index contributed by atoms with van der Waals surface area (Å²) in [5, 5.41) is 13.7. The number of carbonyl (C=O) groups is 1. The molecule has 1 atom stereocenters. The highest BCUT2D eigenvalue weighted by Gasteiger charge is 2.46. The molecule has 3 aromatic rings. The number of nitrogens with zero attached hydrogens (tertiary/aromatic N) is 3. The molecule has 33 heavy (non-hydrogen) atoms. The van der Waals surface area contributed by atoms with Crippen LogP contribution in [0.25, 0.3) is 10.9 Å². The van der Waals surface area contributed by atoms with Crippen LogP contribution >= 0.6 is 11.6 Å². The maximum absolute atomic E-state index is 13.6. The van der Waals surface area contributed by atoms with Crippen LogP contribution in [0.15, 0.2) is 29.1 Å². The zero-order chi connectivity index (χ0) is 22.9. The van der Waals surface area contributed by atoms with Gasteiger partial charge in [0.05, 0.1) is 22.6 Å². The van der Waals surface area contributed by atoms with Crippen molar-refractivity contribution in [3.8, 4) is 0 Å². The van der Waals surface area contributed by atoms with Crippen molar-refractivity contribution >= 4 is 34.2 Å².